The minimum atomic E-state index is 0.0550. The Labute approximate surface area is 94.0 Å². The van der Waals surface area contributed by atoms with Crippen LogP contribution in [0.2, 0.25) is 0 Å². The molecule has 0 unspecified atom stereocenters. The lowest BCUT2D eigenvalue weighted by Gasteiger charge is -2.24. The van der Waals surface area contributed by atoms with Crippen molar-refractivity contribution in [3.05, 3.63) is 0 Å². The summed E-state index contributed by atoms with van der Waals surface area (Å²) in [5, 5.41) is 5.79. The van der Waals surface area contributed by atoms with Gasteiger partial charge in [0.1, 0.15) is 0 Å². The molecule has 3 nitrogen and oxygen atoms in total. The Morgan fingerprint density at radius 1 is 1.27 bits per heavy atom. The third kappa shape index (κ3) is 8.43. The number of carbonyl (C=O) groups is 1. The van der Waals surface area contributed by atoms with E-state index in [2.05, 4.69) is 31.4 Å². The van der Waals surface area contributed by atoms with Gasteiger partial charge in [0, 0.05) is 13.6 Å². The summed E-state index contributed by atoms with van der Waals surface area (Å²) in [5.74, 6) is 0.0550. The van der Waals surface area contributed by atoms with Crippen LogP contribution in [0.4, 0.5) is 0 Å². The van der Waals surface area contributed by atoms with Crippen molar-refractivity contribution in [2.75, 3.05) is 20.1 Å². The lowest BCUT2D eigenvalue weighted by Crippen LogP contribution is -2.36. The van der Waals surface area contributed by atoms with Crippen LogP contribution in [0.15, 0.2) is 0 Å². The van der Waals surface area contributed by atoms with E-state index in [0.29, 0.717) is 12.0 Å². The van der Waals surface area contributed by atoms with Crippen LogP contribution in [0.3, 0.4) is 0 Å². The van der Waals surface area contributed by atoms with Gasteiger partial charge in [0.05, 0.1) is 6.54 Å². The Morgan fingerprint density at radius 2 is 1.93 bits per heavy atom. The first-order chi connectivity index (χ1) is 7.02. The highest BCUT2D eigenvalue weighted by atomic mass is 16.1. The highest BCUT2D eigenvalue weighted by Gasteiger charge is 2.16. The van der Waals surface area contributed by atoms with Crippen molar-refractivity contribution in [2.24, 2.45) is 5.41 Å². The molecule has 0 aliphatic rings. The smallest absolute Gasteiger partial charge is 0.233 e. The van der Waals surface area contributed by atoms with Crippen molar-refractivity contribution >= 4 is 5.91 Å². The molecule has 0 heterocycles. The molecule has 0 rings (SSSR count). The van der Waals surface area contributed by atoms with Gasteiger partial charge in [-0.2, -0.15) is 0 Å². The minimum Gasteiger partial charge on any atom is -0.358 e. The Hall–Kier alpha value is -0.570. The molecule has 0 aromatic carbocycles. The van der Waals surface area contributed by atoms with Crippen LogP contribution in [-0.2, 0) is 4.79 Å². The molecule has 0 spiro atoms. The lowest BCUT2D eigenvalue weighted by molar-refractivity contribution is -0.119. The highest BCUT2D eigenvalue weighted by Crippen LogP contribution is 2.22. The summed E-state index contributed by atoms with van der Waals surface area (Å²) in [6.07, 6.45) is 5.08. The zero-order valence-corrected chi connectivity index (χ0v) is 10.7. The maximum absolute atomic E-state index is 11.0. The maximum Gasteiger partial charge on any atom is 0.233 e. The summed E-state index contributed by atoms with van der Waals surface area (Å²) in [4.78, 5) is 11.0. The quantitative estimate of drug-likeness (QED) is 0.606. The first-order valence-corrected chi connectivity index (χ1v) is 5.93. The highest BCUT2D eigenvalue weighted by molar-refractivity contribution is 5.77. The fourth-order valence-corrected chi connectivity index (χ4v) is 1.54. The van der Waals surface area contributed by atoms with Gasteiger partial charge < -0.3 is 10.6 Å². The van der Waals surface area contributed by atoms with Gasteiger partial charge in [0.25, 0.3) is 0 Å². The van der Waals surface area contributed by atoms with E-state index in [1.54, 1.807) is 7.05 Å². The average Bonchev–Trinajstić information content (AvgIpc) is 2.17. The number of hydrogen-bond acceptors (Lipinski definition) is 2. The number of nitrogens with one attached hydrogen (secondary N) is 2. The van der Waals surface area contributed by atoms with Gasteiger partial charge in [0.15, 0.2) is 0 Å². The van der Waals surface area contributed by atoms with Crippen LogP contribution < -0.4 is 10.6 Å². The Bertz CT molecular complexity index is 178. The van der Waals surface area contributed by atoms with Crippen molar-refractivity contribution in [3.8, 4) is 0 Å². The third-order valence-electron chi connectivity index (χ3n) is 2.63. The molecule has 15 heavy (non-hydrogen) atoms. The molecule has 0 radical (unpaired) electrons. The Morgan fingerprint density at radius 3 is 2.47 bits per heavy atom. The fraction of sp³-hybridized carbons (Fsp3) is 0.917. The molecule has 0 saturated heterocycles. The van der Waals surface area contributed by atoms with Gasteiger partial charge in [-0.3, -0.25) is 4.79 Å². The van der Waals surface area contributed by atoms with E-state index in [9.17, 15) is 4.79 Å². The zero-order valence-electron chi connectivity index (χ0n) is 10.7. The summed E-state index contributed by atoms with van der Waals surface area (Å²) in [7, 11) is 1.66. The predicted molar refractivity (Wildman–Crippen MR) is 64.9 cm³/mol. The molecule has 0 bridgehead atoms. The van der Waals surface area contributed by atoms with Gasteiger partial charge in [-0.05, 0) is 11.8 Å². The van der Waals surface area contributed by atoms with Crippen LogP contribution in [-0.4, -0.2) is 26.0 Å². The normalized spacial score (nSPS) is 11.5. The molecule has 0 aromatic rings. The first-order valence-electron chi connectivity index (χ1n) is 5.93. The Kier molecular flexibility index (Phi) is 7.39. The fourth-order valence-electron chi connectivity index (χ4n) is 1.54. The van der Waals surface area contributed by atoms with Crippen LogP contribution in [0.25, 0.3) is 0 Å². The SMILES string of the molecule is CCCCCC(C)(C)CNCC(=O)NC. The summed E-state index contributed by atoms with van der Waals surface area (Å²) >= 11 is 0. The summed E-state index contributed by atoms with van der Waals surface area (Å²) in [6, 6.07) is 0. The van der Waals surface area contributed by atoms with E-state index in [4.69, 9.17) is 0 Å². The number of rotatable bonds is 8. The van der Waals surface area contributed by atoms with Crippen molar-refractivity contribution in [2.45, 2.75) is 46.5 Å². The summed E-state index contributed by atoms with van der Waals surface area (Å²) < 4.78 is 0. The van der Waals surface area contributed by atoms with Crippen LogP contribution in [0.1, 0.15) is 46.5 Å². The van der Waals surface area contributed by atoms with Gasteiger partial charge in [-0.1, -0.05) is 40.0 Å². The van der Waals surface area contributed by atoms with Gasteiger partial charge in [-0.25, -0.2) is 0 Å². The standard InChI is InChI=1S/C12H26N2O/c1-5-6-7-8-12(2,3)10-14-9-11(15)13-4/h14H,5-10H2,1-4H3,(H,13,15). The molecule has 0 aliphatic heterocycles. The summed E-state index contributed by atoms with van der Waals surface area (Å²) in [6.45, 7) is 8.05. The molecule has 0 atom stereocenters. The van der Waals surface area contributed by atoms with Gasteiger partial charge >= 0.3 is 0 Å². The predicted octanol–water partition coefficient (Wildman–Crippen LogP) is 1.93. The van der Waals surface area contributed by atoms with Gasteiger partial charge in [-0.15, -0.1) is 0 Å². The Balaban J connectivity index is 3.59. The number of likely N-dealkylation sites (N-methyl/N-ethyl adjacent to an activating group) is 1. The van der Waals surface area contributed by atoms with E-state index < -0.39 is 0 Å². The second kappa shape index (κ2) is 7.69. The van der Waals surface area contributed by atoms with E-state index in [1.807, 2.05) is 0 Å². The zero-order chi connectivity index (χ0) is 11.7. The van der Waals surface area contributed by atoms with Gasteiger partial charge in [0.2, 0.25) is 5.91 Å². The first kappa shape index (κ1) is 14.4. The molecule has 2 N–H and O–H groups in total. The monoisotopic (exact) mass is 214 g/mol. The van der Waals surface area contributed by atoms with Crippen molar-refractivity contribution < 1.29 is 4.79 Å². The minimum absolute atomic E-state index is 0.0550. The van der Waals surface area contributed by atoms with Crippen LogP contribution in [0, 0.1) is 5.41 Å². The molecule has 0 fully saturated rings. The number of carbonyl (C=O) groups excluding carboxylic acids is 1. The molecule has 0 aliphatic carbocycles. The molecule has 90 valence electrons. The van der Waals surface area contributed by atoms with E-state index >= 15 is 0 Å². The number of unbranched alkanes of at least 4 members (excludes halogenated alkanes) is 2. The van der Waals surface area contributed by atoms with E-state index in [0.717, 1.165) is 6.54 Å². The third-order valence-corrected chi connectivity index (χ3v) is 2.63. The lowest BCUT2D eigenvalue weighted by atomic mass is 9.87. The second-order valence-corrected chi connectivity index (χ2v) is 4.90. The van der Waals surface area contributed by atoms with Crippen LogP contribution in [0.5, 0.6) is 0 Å². The molecular weight excluding hydrogens is 188 g/mol. The van der Waals surface area contributed by atoms with Crippen LogP contribution >= 0.6 is 0 Å². The maximum atomic E-state index is 11.0. The van der Waals surface area contributed by atoms with Crippen molar-refractivity contribution in [3.63, 3.8) is 0 Å². The number of amides is 1. The largest absolute Gasteiger partial charge is 0.358 e. The van der Waals surface area contributed by atoms with Crippen molar-refractivity contribution in [1.82, 2.24) is 10.6 Å². The molecule has 0 saturated carbocycles. The molecule has 0 aromatic heterocycles. The summed E-state index contributed by atoms with van der Waals surface area (Å²) in [5.41, 5.74) is 0.295. The average molecular weight is 214 g/mol. The second-order valence-electron chi connectivity index (χ2n) is 4.90. The van der Waals surface area contributed by atoms with Crippen molar-refractivity contribution in [1.29, 1.82) is 0 Å². The topological polar surface area (TPSA) is 41.1 Å². The van der Waals surface area contributed by atoms with E-state index in [-0.39, 0.29) is 5.91 Å². The molecule has 3 heteroatoms. The molecular formula is C12H26N2O. The van der Waals surface area contributed by atoms with E-state index in [1.165, 1.54) is 25.7 Å². The molecule has 1 amide bonds. The number of hydrogen-bond donors (Lipinski definition) is 2.